The summed E-state index contributed by atoms with van der Waals surface area (Å²) in [5.74, 6) is -0.497. The molecule has 1 aromatic heterocycles. The molecule has 0 saturated carbocycles. The maximum Gasteiger partial charge on any atom is 0.252 e. The molecule has 0 aliphatic rings. The van der Waals surface area contributed by atoms with Crippen molar-refractivity contribution in [3.05, 3.63) is 47.3 Å². The molecule has 5 nitrogen and oxygen atoms in total. The Labute approximate surface area is 111 Å². The molecule has 0 radical (unpaired) electrons. The molecule has 0 fully saturated rings. The quantitative estimate of drug-likeness (QED) is 0.733. The van der Waals surface area contributed by atoms with Crippen LogP contribution >= 0.6 is 0 Å². The van der Waals surface area contributed by atoms with Gasteiger partial charge < -0.3 is 16.8 Å². The molecule has 0 saturated heterocycles. The van der Waals surface area contributed by atoms with E-state index in [0.29, 0.717) is 22.6 Å². The van der Waals surface area contributed by atoms with E-state index in [1.54, 1.807) is 25.1 Å². The molecule has 2 aromatic rings. The lowest BCUT2D eigenvalue weighted by Gasteiger charge is -2.13. The molecular formula is C14H16N4O. The van der Waals surface area contributed by atoms with E-state index in [0.717, 1.165) is 11.4 Å². The number of carbonyl (C=O) groups excluding carboxylic acids is 1. The summed E-state index contributed by atoms with van der Waals surface area (Å²) < 4.78 is 0. The van der Waals surface area contributed by atoms with Crippen LogP contribution in [-0.2, 0) is 0 Å². The third kappa shape index (κ3) is 2.82. The summed E-state index contributed by atoms with van der Waals surface area (Å²) in [6.45, 7) is 3.63. The summed E-state index contributed by atoms with van der Waals surface area (Å²) in [5.41, 5.74) is 15.1. The van der Waals surface area contributed by atoms with Crippen LogP contribution in [0.25, 0.3) is 0 Å². The van der Waals surface area contributed by atoms with Gasteiger partial charge in [-0.25, -0.2) is 0 Å². The zero-order chi connectivity index (χ0) is 14.0. The SMILES string of the molecule is Cc1cc(Nc2ccc(N)cc2)c(C(N)=O)c(C)n1. The molecule has 98 valence electrons. The first kappa shape index (κ1) is 12.9. The summed E-state index contributed by atoms with van der Waals surface area (Å²) in [6, 6.07) is 9.04. The Morgan fingerprint density at radius 1 is 1.21 bits per heavy atom. The first-order chi connectivity index (χ1) is 8.97. The Bertz CT molecular complexity index is 620. The smallest absolute Gasteiger partial charge is 0.252 e. The highest BCUT2D eigenvalue weighted by Gasteiger charge is 2.13. The zero-order valence-corrected chi connectivity index (χ0v) is 10.9. The topological polar surface area (TPSA) is 94.0 Å². The van der Waals surface area contributed by atoms with Gasteiger partial charge in [0.15, 0.2) is 0 Å². The van der Waals surface area contributed by atoms with Gasteiger partial charge >= 0.3 is 0 Å². The van der Waals surface area contributed by atoms with Crippen LogP contribution in [0.2, 0.25) is 0 Å². The van der Waals surface area contributed by atoms with Gasteiger partial charge in [0.25, 0.3) is 5.91 Å². The van der Waals surface area contributed by atoms with Gasteiger partial charge in [0.2, 0.25) is 0 Å². The molecule has 0 unspecified atom stereocenters. The van der Waals surface area contributed by atoms with Crippen molar-refractivity contribution >= 4 is 23.0 Å². The van der Waals surface area contributed by atoms with Crippen LogP contribution in [0, 0.1) is 13.8 Å². The number of benzene rings is 1. The monoisotopic (exact) mass is 256 g/mol. The van der Waals surface area contributed by atoms with Crippen LogP contribution in [-0.4, -0.2) is 10.9 Å². The number of nitrogens with two attached hydrogens (primary N) is 2. The fourth-order valence-electron chi connectivity index (χ4n) is 1.96. The summed E-state index contributed by atoms with van der Waals surface area (Å²) >= 11 is 0. The van der Waals surface area contributed by atoms with E-state index in [2.05, 4.69) is 10.3 Å². The van der Waals surface area contributed by atoms with E-state index >= 15 is 0 Å². The van der Waals surface area contributed by atoms with Crippen molar-refractivity contribution in [1.82, 2.24) is 4.98 Å². The fraction of sp³-hybridized carbons (Fsp3) is 0.143. The number of rotatable bonds is 3. The number of nitrogens with one attached hydrogen (secondary N) is 1. The Kier molecular flexibility index (Phi) is 3.37. The maximum absolute atomic E-state index is 11.5. The van der Waals surface area contributed by atoms with Crippen molar-refractivity contribution in [3.8, 4) is 0 Å². The second-order valence-corrected chi connectivity index (χ2v) is 4.38. The average Bonchev–Trinajstić information content (AvgIpc) is 2.30. The number of pyridine rings is 1. The van der Waals surface area contributed by atoms with Gasteiger partial charge in [0.1, 0.15) is 0 Å². The number of hydrogen-bond donors (Lipinski definition) is 3. The third-order valence-electron chi connectivity index (χ3n) is 2.76. The van der Waals surface area contributed by atoms with Gasteiger partial charge in [-0.1, -0.05) is 0 Å². The molecule has 0 bridgehead atoms. The van der Waals surface area contributed by atoms with Crippen LogP contribution in [0.4, 0.5) is 17.1 Å². The minimum absolute atomic E-state index is 0.405. The lowest BCUT2D eigenvalue weighted by atomic mass is 10.1. The van der Waals surface area contributed by atoms with E-state index in [1.807, 2.05) is 19.1 Å². The summed E-state index contributed by atoms with van der Waals surface area (Å²) in [7, 11) is 0. The minimum atomic E-state index is -0.497. The number of hydrogen-bond acceptors (Lipinski definition) is 4. The minimum Gasteiger partial charge on any atom is -0.399 e. The molecule has 0 spiro atoms. The second kappa shape index (κ2) is 4.97. The molecule has 19 heavy (non-hydrogen) atoms. The maximum atomic E-state index is 11.5. The molecule has 5 N–H and O–H groups in total. The van der Waals surface area contributed by atoms with Gasteiger partial charge in [0, 0.05) is 17.1 Å². The normalized spacial score (nSPS) is 10.2. The van der Waals surface area contributed by atoms with Gasteiger partial charge in [-0.3, -0.25) is 9.78 Å². The number of amides is 1. The van der Waals surface area contributed by atoms with Crippen molar-refractivity contribution in [2.75, 3.05) is 11.1 Å². The van der Waals surface area contributed by atoms with E-state index in [4.69, 9.17) is 11.5 Å². The number of nitrogens with zero attached hydrogens (tertiary/aromatic N) is 1. The Morgan fingerprint density at radius 2 is 1.84 bits per heavy atom. The summed E-state index contributed by atoms with van der Waals surface area (Å²) in [5, 5.41) is 3.17. The number of carbonyl (C=O) groups is 1. The van der Waals surface area contributed by atoms with Crippen molar-refractivity contribution in [1.29, 1.82) is 0 Å². The number of anilines is 3. The molecule has 1 aromatic carbocycles. The zero-order valence-electron chi connectivity index (χ0n) is 10.9. The standard InChI is InChI=1S/C14H16N4O/c1-8-7-12(13(14(16)19)9(2)17-8)18-11-5-3-10(15)4-6-11/h3-7H,15H2,1-2H3,(H2,16,19)(H,17,18). The molecule has 2 rings (SSSR count). The first-order valence-corrected chi connectivity index (χ1v) is 5.88. The van der Waals surface area contributed by atoms with Crippen LogP contribution in [0.5, 0.6) is 0 Å². The van der Waals surface area contributed by atoms with Crippen LogP contribution in [0.3, 0.4) is 0 Å². The van der Waals surface area contributed by atoms with Gasteiger partial charge in [-0.15, -0.1) is 0 Å². The van der Waals surface area contributed by atoms with E-state index < -0.39 is 5.91 Å². The molecule has 0 atom stereocenters. The van der Waals surface area contributed by atoms with Gasteiger partial charge in [-0.05, 0) is 44.2 Å². The molecule has 1 heterocycles. The molecule has 0 aliphatic heterocycles. The average molecular weight is 256 g/mol. The van der Waals surface area contributed by atoms with Crippen molar-refractivity contribution in [2.24, 2.45) is 5.73 Å². The molecular weight excluding hydrogens is 240 g/mol. The number of primary amides is 1. The largest absolute Gasteiger partial charge is 0.399 e. The Hall–Kier alpha value is -2.56. The fourth-order valence-corrected chi connectivity index (χ4v) is 1.96. The van der Waals surface area contributed by atoms with E-state index in [9.17, 15) is 4.79 Å². The van der Waals surface area contributed by atoms with Gasteiger partial charge in [0.05, 0.1) is 16.9 Å². The Morgan fingerprint density at radius 3 is 2.42 bits per heavy atom. The van der Waals surface area contributed by atoms with Crippen molar-refractivity contribution in [2.45, 2.75) is 13.8 Å². The van der Waals surface area contributed by atoms with Crippen molar-refractivity contribution < 1.29 is 4.79 Å². The molecule has 1 amide bonds. The lowest BCUT2D eigenvalue weighted by Crippen LogP contribution is -2.16. The predicted molar refractivity (Wildman–Crippen MR) is 76.4 cm³/mol. The number of aromatic nitrogens is 1. The van der Waals surface area contributed by atoms with Gasteiger partial charge in [-0.2, -0.15) is 0 Å². The molecule has 0 aliphatic carbocycles. The van der Waals surface area contributed by atoms with Crippen molar-refractivity contribution in [3.63, 3.8) is 0 Å². The van der Waals surface area contributed by atoms with E-state index in [-0.39, 0.29) is 0 Å². The molecule has 5 heteroatoms. The summed E-state index contributed by atoms with van der Waals surface area (Å²) in [6.07, 6.45) is 0. The Balaban J connectivity index is 2.44. The summed E-state index contributed by atoms with van der Waals surface area (Å²) in [4.78, 5) is 15.8. The lowest BCUT2D eigenvalue weighted by molar-refractivity contribution is 0.1000. The first-order valence-electron chi connectivity index (χ1n) is 5.88. The number of nitrogen functional groups attached to an aromatic ring is 1. The van der Waals surface area contributed by atoms with Crippen LogP contribution < -0.4 is 16.8 Å². The van der Waals surface area contributed by atoms with Crippen LogP contribution in [0.1, 0.15) is 21.7 Å². The second-order valence-electron chi connectivity index (χ2n) is 4.38. The van der Waals surface area contributed by atoms with E-state index in [1.165, 1.54) is 0 Å². The van der Waals surface area contributed by atoms with Crippen LogP contribution in [0.15, 0.2) is 30.3 Å². The highest BCUT2D eigenvalue weighted by molar-refractivity contribution is 6.00. The highest BCUT2D eigenvalue weighted by Crippen LogP contribution is 2.24. The highest BCUT2D eigenvalue weighted by atomic mass is 16.1. The predicted octanol–water partition coefficient (Wildman–Crippen LogP) is 2.12. The third-order valence-corrected chi connectivity index (χ3v) is 2.76. The number of aryl methyl sites for hydroxylation is 2.